The Balaban J connectivity index is 1.80. The smallest absolute Gasteiger partial charge is 0.239 e. The van der Waals surface area contributed by atoms with E-state index in [4.69, 9.17) is 9.15 Å². The van der Waals surface area contributed by atoms with Gasteiger partial charge in [0, 0.05) is 13.0 Å². The summed E-state index contributed by atoms with van der Waals surface area (Å²) >= 11 is 0. The fraction of sp³-hybridized carbons (Fsp3) is 0.429. The Morgan fingerprint density at radius 2 is 1.90 bits per heavy atom. The number of halogens is 2. The van der Waals surface area contributed by atoms with Crippen LogP contribution in [0.3, 0.4) is 0 Å². The molecule has 0 saturated heterocycles. The zero-order chi connectivity index (χ0) is 20.6. The van der Waals surface area contributed by atoms with Crippen molar-refractivity contribution in [1.29, 1.82) is 0 Å². The molecule has 4 rings (SSSR count). The molecule has 0 aliphatic heterocycles. The Kier molecular flexibility index (Phi) is 5.02. The van der Waals surface area contributed by atoms with E-state index >= 15 is 0 Å². The van der Waals surface area contributed by atoms with Crippen molar-refractivity contribution in [3.63, 3.8) is 0 Å². The molecule has 2 heterocycles. The van der Waals surface area contributed by atoms with Crippen molar-refractivity contribution in [3.8, 4) is 11.6 Å². The van der Waals surface area contributed by atoms with Crippen molar-refractivity contribution in [1.82, 2.24) is 20.4 Å². The van der Waals surface area contributed by atoms with Gasteiger partial charge in [-0.15, -0.1) is 15.3 Å². The topological polar surface area (TPSA) is 73.9 Å². The van der Waals surface area contributed by atoms with Gasteiger partial charge in [0.2, 0.25) is 23.4 Å². The van der Waals surface area contributed by atoms with Gasteiger partial charge in [-0.3, -0.25) is 0 Å². The quantitative estimate of drug-likeness (QED) is 0.584. The molecule has 0 bridgehead atoms. The lowest BCUT2D eigenvalue weighted by Crippen LogP contribution is -2.35. The van der Waals surface area contributed by atoms with Crippen LogP contribution in [0, 0.1) is 18.6 Å². The first-order valence-electron chi connectivity index (χ1n) is 9.79. The van der Waals surface area contributed by atoms with E-state index < -0.39 is 22.8 Å². The third-order valence-electron chi connectivity index (χ3n) is 5.77. The van der Waals surface area contributed by atoms with Gasteiger partial charge in [0.25, 0.3) is 0 Å². The van der Waals surface area contributed by atoms with Crippen LogP contribution in [0.2, 0.25) is 0 Å². The van der Waals surface area contributed by atoms with Crippen molar-refractivity contribution < 1.29 is 17.9 Å². The van der Waals surface area contributed by atoms with Gasteiger partial charge in [0.1, 0.15) is 0 Å². The maximum atomic E-state index is 14.0. The van der Waals surface area contributed by atoms with E-state index in [2.05, 4.69) is 34.2 Å². The number of nitrogens with zero attached hydrogens (tertiary/aromatic N) is 4. The number of benzene rings is 1. The summed E-state index contributed by atoms with van der Waals surface area (Å²) < 4.78 is 39.2. The summed E-state index contributed by atoms with van der Waals surface area (Å²) in [6.45, 7) is 5.90. The third kappa shape index (κ3) is 3.26. The second-order valence-electron chi connectivity index (χ2n) is 7.35. The van der Waals surface area contributed by atoms with Crippen LogP contribution in [0.25, 0.3) is 0 Å². The normalized spacial score (nSPS) is 21.1. The molecular weight excluding hydrogens is 378 g/mol. The minimum atomic E-state index is -0.791. The van der Waals surface area contributed by atoms with Crippen molar-refractivity contribution in [3.05, 3.63) is 58.9 Å². The molecule has 8 heteroatoms. The fourth-order valence-corrected chi connectivity index (χ4v) is 4.12. The predicted octanol–water partition coefficient (Wildman–Crippen LogP) is 5.22. The lowest BCUT2D eigenvalue weighted by Gasteiger charge is -2.37. The minimum absolute atomic E-state index is 0.0554. The molecule has 0 unspecified atom stereocenters. The predicted molar refractivity (Wildman–Crippen MR) is 101 cm³/mol. The van der Waals surface area contributed by atoms with Gasteiger partial charge in [-0.2, -0.15) is 5.10 Å². The molecule has 0 amide bonds. The van der Waals surface area contributed by atoms with Gasteiger partial charge in [0.15, 0.2) is 11.6 Å². The van der Waals surface area contributed by atoms with E-state index in [1.807, 2.05) is 0 Å². The van der Waals surface area contributed by atoms with Crippen LogP contribution in [-0.2, 0) is 5.41 Å². The largest absolute Gasteiger partial charge is 0.431 e. The van der Waals surface area contributed by atoms with Gasteiger partial charge < -0.3 is 9.15 Å². The molecule has 0 spiro atoms. The number of hydrogen-bond donors (Lipinski definition) is 0. The van der Waals surface area contributed by atoms with Gasteiger partial charge in [-0.25, -0.2) is 8.78 Å². The highest BCUT2D eigenvalue weighted by Gasteiger charge is 2.45. The molecule has 3 aromatic rings. The highest BCUT2D eigenvalue weighted by Crippen LogP contribution is 2.49. The van der Waals surface area contributed by atoms with Crippen molar-refractivity contribution in [2.24, 2.45) is 0 Å². The van der Waals surface area contributed by atoms with E-state index in [-0.39, 0.29) is 11.8 Å². The number of fused-ring (bicyclic) bond motifs is 1. The summed E-state index contributed by atoms with van der Waals surface area (Å²) in [5, 5.41) is 16.8. The minimum Gasteiger partial charge on any atom is -0.431 e. The lowest BCUT2D eigenvalue weighted by atomic mass is 9.67. The molecule has 2 atom stereocenters. The first-order valence-corrected chi connectivity index (χ1v) is 9.79. The van der Waals surface area contributed by atoms with Gasteiger partial charge in [-0.1, -0.05) is 19.9 Å². The Morgan fingerprint density at radius 3 is 2.52 bits per heavy atom. The molecule has 2 aromatic heterocycles. The maximum Gasteiger partial charge on any atom is 0.239 e. The van der Waals surface area contributed by atoms with Crippen molar-refractivity contribution >= 4 is 0 Å². The van der Waals surface area contributed by atoms with Crippen molar-refractivity contribution in [2.75, 3.05) is 0 Å². The van der Waals surface area contributed by atoms with E-state index in [1.165, 1.54) is 6.07 Å². The zero-order valence-corrected chi connectivity index (χ0v) is 16.6. The van der Waals surface area contributed by atoms with Crippen LogP contribution in [0.5, 0.6) is 11.6 Å². The fourth-order valence-electron chi connectivity index (χ4n) is 4.12. The highest BCUT2D eigenvalue weighted by molar-refractivity contribution is 5.41. The monoisotopic (exact) mass is 400 g/mol. The van der Waals surface area contributed by atoms with Gasteiger partial charge in [-0.05, 0) is 49.3 Å². The molecule has 1 aromatic carbocycles. The molecular formula is C21H22F2N4O2. The van der Waals surface area contributed by atoms with E-state index in [0.717, 1.165) is 49.1 Å². The second kappa shape index (κ2) is 7.50. The molecule has 0 radical (unpaired) electrons. The molecule has 29 heavy (non-hydrogen) atoms. The van der Waals surface area contributed by atoms with Crippen LogP contribution in [0.15, 0.2) is 28.7 Å². The lowest BCUT2D eigenvalue weighted by molar-refractivity contribution is 0.284. The van der Waals surface area contributed by atoms with Crippen LogP contribution in [0.4, 0.5) is 8.78 Å². The average molecular weight is 400 g/mol. The van der Waals surface area contributed by atoms with Crippen LogP contribution in [0.1, 0.15) is 68.5 Å². The van der Waals surface area contributed by atoms with E-state index in [1.54, 1.807) is 13.0 Å². The summed E-state index contributed by atoms with van der Waals surface area (Å²) in [5.74, 6) is -0.760. The summed E-state index contributed by atoms with van der Waals surface area (Å²) in [6, 6.07) is 5.29. The van der Waals surface area contributed by atoms with E-state index in [9.17, 15) is 8.78 Å². The molecule has 0 saturated carbocycles. The Bertz CT molecular complexity index is 1020. The van der Waals surface area contributed by atoms with Gasteiger partial charge >= 0.3 is 0 Å². The summed E-state index contributed by atoms with van der Waals surface area (Å²) in [4.78, 5) is 0. The molecule has 6 nitrogen and oxygen atoms in total. The number of rotatable bonds is 5. The molecule has 0 N–H and O–H groups in total. The SMILES string of the molecule is CC[C@H]1CC[C@](CC)(c2nnc(C)o2)c2nnc(Oc3c(F)cccc3F)cc21. The average Bonchev–Trinajstić information content (AvgIpc) is 3.16. The molecule has 0 fully saturated rings. The van der Waals surface area contributed by atoms with Crippen LogP contribution >= 0.6 is 0 Å². The third-order valence-corrected chi connectivity index (χ3v) is 5.77. The van der Waals surface area contributed by atoms with Crippen LogP contribution in [-0.4, -0.2) is 20.4 Å². The molecule has 1 aliphatic carbocycles. The number of hydrogen-bond acceptors (Lipinski definition) is 6. The molecule has 152 valence electrons. The summed E-state index contributed by atoms with van der Waals surface area (Å²) in [7, 11) is 0. The number of aryl methyl sites for hydroxylation is 1. The highest BCUT2D eigenvalue weighted by atomic mass is 19.1. The summed E-state index contributed by atoms with van der Waals surface area (Å²) in [6.07, 6.45) is 3.33. The van der Waals surface area contributed by atoms with Crippen molar-refractivity contribution in [2.45, 2.75) is 57.8 Å². The summed E-state index contributed by atoms with van der Waals surface area (Å²) in [5.41, 5.74) is 1.18. The standard InChI is InChI=1S/C21H22F2N4O2/c1-4-13-9-10-21(5-2,20-27-24-12(3)28-20)19-14(13)11-17(25-26-19)29-18-15(22)7-6-8-16(18)23/h6-8,11,13H,4-5,9-10H2,1-3H3/t13-,21-/m0/s1. The zero-order valence-electron chi connectivity index (χ0n) is 16.6. The second-order valence-corrected chi connectivity index (χ2v) is 7.35. The van der Waals surface area contributed by atoms with E-state index in [0.29, 0.717) is 11.8 Å². The Hall–Kier alpha value is -2.90. The Morgan fingerprint density at radius 1 is 1.14 bits per heavy atom. The number of para-hydroxylation sites is 1. The number of aromatic nitrogens is 4. The maximum absolute atomic E-state index is 14.0. The first kappa shape index (κ1) is 19.4. The van der Waals surface area contributed by atoms with Gasteiger partial charge in [0.05, 0.1) is 11.1 Å². The molecule has 1 aliphatic rings. The first-order chi connectivity index (χ1) is 14.0. The number of ether oxygens (including phenoxy) is 1. The Labute approximate surface area is 167 Å². The van der Waals surface area contributed by atoms with Crippen LogP contribution < -0.4 is 4.74 Å².